The fourth-order valence-corrected chi connectivity index (χ4v) is 3.08. The van der Waals surface area contributed by atoms with E-state index < -0.39 is 0 Å². The minimum Gasteiger partial charge on any atom is -0.398 e. The molecule has 0 aromatic heterocycles. The molecular formula is C17H27N3O. The van der Waals surface area contributed by atoms with E-state index in [9.17, 15) is 4.79 Å². The fraction of sp³-hybridized carbons (Fsp3) is 0.588. The largest absolute Gasteiger partial charge is 0.398 e. The summed E-state index contributed by atoms with van der Waals surface area (Å²) in [7, 11) is 1.92. The van der Waals surface area contributed by atoms with Gasteiger partial charge >= 0.3 is 0 Å². The molecular weight excluding hydrogens is 262 g/mol. The zero-order chi connectivity index (χ0) is 15.6. The molecule has 0 spiro atoms. The number of benzene rings is 1. The molecule has 0 aliphatic carbocycles. The van der Waals surface area contributed by atoms with Gasteiger partial charge in [-0.3, -0.25) is 4.79 Å². The Morgan fingerprint density at radius 1 is 1.29 bits per heavy atom. The third-order valence-electron chi connectivity index (χ3n) is 4.72. The molecule has 2 N–H and O–H groups in total. The van der Waals surface area contributed by atoms with E-state index in [0.717, 1.165) is 49.2 Å². The highest BCUT2D eigenvalue weighted by Gasteiger charge is 2.26. The first kappa shape index (κ1) is 15.8. The number of anilines is 1. The zero-order valence-electron chi connectivity index (χ0n) is 13.6. The van der Waals surface area contributed by atoms with Gasteiger partial charge in [0.15, 0.2) is 0 Å². The van der Waals surface area contributed by atoms with Crippen LogP contribution in [0, 0.1) is 13.8 Å². The summed E-state index contributed by atoms with van der Waals surface area (Å²) in [6.45, 7) is 9.39. The Kier molecular flexibility index (Phi) is 4.88. The van der Waals surface area contributed by atoms with Crippen LogP contribution in [0.3, 0.4) is 0 Å². The van der Waals surface area contributed by atoms with Crippen LogP contribution < -0.4 is 5.73 Å². The van der Waals surface area contributed by atoms with Crippen LogP contribution in [-0.4, -0.2) is 48.4 Å². The smallest absolute Gasteiger partial charge is 0.254 e. The van der Waals surface area contributed by atoms with Crippen molar-refractivity contribution in [3.05, 3.63) is 28.8 Å². The van der Waals surface area contributed by atoms with Gasteiger partial charge in [-0.15, -0.1) is 0 Å². The van der Waals surface area contributed by atoms with Crippen molar-refractivity contribution in [2.75, 3.05) is 32.4 Å². The molecule has 0 atom stereocenters. The number of nitrogen functional groups attached to an aromatic ring is 1. The van der Waals surface area contributed by atoms with E-state index in [2.05, 4.69) is 11.8 Å². The SMILES string of the molecule is CCN1CCC(N(C)C(=O)c2cc(N)c(C)cc2C)CC1. The van der Waals surface area contributed by atoms with E-state index >= 15 is 0 Å². The molecule has 0 bridgehead atoms. The lowest BCUT2D eigenvalue weighted by Gasteiger charge is -2.36. The molecule has 0 radical (unpaired) electrons. The molecule has 1 heterocycles. The highest BCUT2D eigenvalue weighted by molar-refractivity contribution is 5.96. The highest BCUT2D eigenvalue weighted by Crippen LogP contribution is 2.22. The minimum atomic E-state index is 0.0918. The first-order valence-corrected chi connectivity index (χ1v) is 7.80. The average Bonchev–Trinajstić information content (AvgIpc) is 2.49. The van der Waals surface area contributed by atoms with Crippen molar-refractivity contribution in [2.24, 2.45) is 0 Å². The molecule has 1 aliphatic heterocycles. The van der Waals surface area contributed by atoms with Crippen molar-refractivity contribution < 1.29 is 4.79 Å². The van der Waals surface area contributed by atoms with Gasteiger partial charge in [0.1, 0.15) is 0 Å². The number of carbonyl (C=O) groups is 1. The summed E-state index contributed by atoms with van der Waals surface area (Å²) < 4.78 is 0. The van der Waals surface area contributed by atoms with Crippen molar-refractivity contribution >= 4 is 11.6 Å². The Morgan fingerprint density at radius 2 is 1.90 bits per heavy atom. The summed E-state index contributed by atoms with van der Waals surface area (Å²) >= 11 is 0. The van der Waals surface area contributed by atoms with Crippen molar-refractivity contribution in [1.29, 1.82) is 0 Å². The first-order valence-electron chi connectivity index (χ1n) is 7.80. The lowest BCUT2D eigenvalue weighted by Crippen LogP contribution is -2.45. The van der Waals surface area contributed by atoms with Gasteiger partial charge in [0.25, 0.3) is 5.91 Å². The summed E-state index contributed by atoms with van der Waals surface area (Å²) in [6, 6.07) is 4.16. The maximum absolute atomic E-state index is 12.7. The van der Waals surface area contributed by atoms with E-state index in [0.29, 0.717) is 11.7 Å². The van der Waals surface area contributed by atoms with Gasteiger partial charge in [-0.1, -0.05) is 13.0 Å². The van der Waals surface area contributed by atoms with Gasteiger partial charge in [-0.25, -0.2) is 0 Å². The van der Waals surface area contributed by atoms with Crippen LogP contribution in [-0.2, 0) is 0 Å². The van der Waals surface area contributed by atoms with E-state index in [1.54, 1.807) is 0 Å². The summed E-state index contributed by atoms with van der Waals surface area (Å²) in [5.41, 5.74) is 9.43. The molecule has 116 valence electrons. The summed E-state index contributed by atoms with van der Waals surface area (Å²) in [4.78, 5) is 17.1. The molecule has 1 amide bonds. The van der Waals surface area contributed by atoms with Crippen LogP contribution in [0.4, 0.5) is 5.69 Å². The predicted molar refractivity (Wildman–Crippen MR) is 87.6 cm³/mol. The lowest BCUT2D eigenvalue weighted by atomic mass is 9.99. The maximum atomic E-state index is 12.7. The Morgan fingerprint density at radius 3 is 2.48 bits per heavy atom. The molecule has 1 fully saturated rings. The van der Waals surface area contributed by atoms with Crippen LogP contribution in [0.5, 0.6) is 0 Å². The van der Waals surface area contributed by atoms with Gasteiger partial charge in [-0.05, 0) is 50.4 Å². The maximum Gasteiger partial charge on any atom is 0.254 e. The molecule has 4 heteroatoms. The normalized spacial score (nSPS) is 17.0. The predicted octanol–water partition coefficient (Wildman–Crippen LogP) is 2.44. The van der Waals surface area contributed by atoms with Crippen LogP contribution in [0.1, 0.15) is 41.3 Å². The molecule has 2 rings (SSSR count). The molecule has 4 nitrogen and oxygen atoms in total. The van der Waals surface area contributed by atoms with Gasteiger partial charge in [-0.2, -0.15) is 0 Å². The van der Waals surface area contributed by atoms with Crippen LogP contribution >= 0.6 is 0 Å². The Hall–Kier alpha value is -1.55. The third kappa shape index (κ3) is 3.38. The Labute approximate surface area is 127 Å². The number of aryl methyl sites for hydroxylation is 2. The van der Waals surface area contributed by atoms with Crippen LogP contribution in [0.25, 0.3) is 0 Å². The molecule has 21 heavy (non-hydrogen) atoms. The lowest BCUT2D eigenvalue weighted by molar-refractivity contribution is 0.0646. The number of amides is 1. The van der Waals surface area contributed by atoms with Crippen molar-refractivity contribution in [2.45, 2.75) is 39.7 Å². The van der Waals surface area contributed by atoms with Crippen LogP contribution in [0.15, 0.2) is 12.1 Å². The standard InChI is InChI=1S/C17H27N3O/c1-5-20-8-6-14(7-9-20)19(4)17(21)15-11-16(18)13(3)10-12(15)2/h10-11,14H,5-9,18H2,1-4H3. The second-order valence-corrected chi connectivity index (χ2v) is 6.11. The number of likely N-dealkylation sites (tertiary alicyclic amines) is 1. The fourth-order valence-electron chi connectivity index (χ4n) is 3.08. The molecule has 1 saturated heterocycles. The first-order chi connectivity index (χ1) is 9.93. The molecule has 1 aliphatic rings. The number of piperidine rings is 1. The van der Waals surface area contributed by atoms with Crippen molar-refractivity contribution in [3.63, 3.8) is 0 Å². The number of rotatable bonds is 3. The van der Waals surface area contributed by atoms with Gasteiger partial charge in [0.05, 0.1) is 0 Å². The molecule has 1 aromatic carbocycles. The Bertz CT molecular complexity index is 519. The number of nitrogens with two attached hydrogens (primary N) is 1. The topological polar surface area (TPSA) is 49.6 Å². The second kappa shape index (κ2) is 6.48. The average molecular weight is 289 g/mol. The number of hydrogen-bond donors (Lipinski definition) is 1. The second-order valence-electron chi connectivity index (χ2n) is 6.11. The molecule has 0 unspecified atom stereocenters. The van der Waals surface area contributed by atoms with E-state index in [1.165, 1.54) is 0 Å². The number of carbonyl (C=O) groups excluding carboxylic acids is 1. The zero-order valence-corrected chi connectivity index (χ0v) is 13.6. The van der Waals surface area contributed by atoms with Gasteiger partial charge in [0, 0.05) is 37.4 Å². The van der Waals surface area contributed by atoms with E-state index in [1.807, 2.05) is 37.9 Å². The molecule has 0 saturated carbocycles. The van der Waals surface area contributed by atoms with Crippen molar-refractivity contribution in [1.82, 2.24) is 9.80 Å². The highest BCUT2D eigenvalue weighted by atomic mass is 16.2. The van der Waals surface area contributed by atoms with E-state index in [4.69, 9.17) is 5.73 Å². The van der Waals surface area contributed by atoms with Crippen LogP contribution in [0.2, 0.25) is 0 Å². The molecule has 1 aromatic rings. The number of hydrogen-bond acceptors (Lipinski definition) is 3. The monoisotopic (exact) mass is 289 g/mol. The summed E-state index contributed by atoms with van der Waals surface area (Å²) in [5, 5.41) is 0. The van der Waals surface area contributed by atoms with Gasteiger partial charge < -0.3 is 15.5 Å². The quantitative estimate of drug-likeness (QED) is 0.870. The Balaban J connectivity index is 2.11. The number of nitrogens with zero attached hydrogens (tertiary/aromatic N) is 2. The van der Waals surface area contributed by atoms with E-state index in [-0.39, 0.29) is 5.91 Å². The third-order valence-corrected chi connectivity index (χ3v) is 4.72. The minimum absolute atomic E-state index is 0.0918. The summed E-state index contributed by atoms with van der Waals surface area (Å²) in [6.07, 6.45) is 2.10. The van der Waals surface area contributed by atoms with Gasteiger partial charge in [0.2, 0.25) is 0 Å². The summed E-state index contributed by atoms with van der Waals surface area (Å²) in [5.74, 6) is 0.0918. The van der Waals surface area contributed by atoms with Crippen molar-refractivity contribution in [3.8, 4) is 0 Å².